The fourth-order valence-corrected chi connectivity index (χ4v) is 1.30. The van der Waals surface area contributed by atoms with Crippen molar-refractivity contribution in [1.29, 1.82) is 0 Å². The molecule has 1 unspecified atom stereocenters. The summed E-state index contributed by atoms with van der Waals surface area (Å²) in [5, 5.41) is 3.50. The zero-order chi connectivity index (χ0) is 10.4. The lowest BCUT2D eigenvalue weighted by Crippen LogP contribution is -2.25. The van der Waals surface area contributed by atoms with Gasteiger partial charge < -0.3 is 15.0 Å². The molecule has 1 aliphatic carbocycles. The molecule has 84 valence electrons. The van der Waals surface area contributed by atoms with Gasteiger partial charge in [-0.1, -0.05) is 0 Å². The Labute approximate surface area is 87.8 Å². The SMILES string of the molecule is CC(CCNC1CC1)OCCN(C)C. The molecule has 3 heteroatoms. The molecule has 3 nitrogen and oxygen atoms in total. The van der Waals surface area contributed by atoms with Crippen LogP contribution in [0, 0.1) is 0 Å². The summed E-state index contributed by atoms with van der Waals surface area (Å²) in [4.78, 5) is 2.15. The first kappa shape index (κ1) is 12.0. The summed E-state index contributed by atoms with van der Waals surface area (Å²) in [6.07, 6.45) is 4.26. The first-order chi connectivity index (χ1) is 6.68. The average Bonchev–Trinajstić information content (AvgIpc) is 2.87. The summed E-state index contributed by atoms with van der Waals surface area (Å²) in [6, 6.07) is 0.823. The Balaban J connectivity index is 1.84. The number of rotatable bonds is 8. The second-order valence-electron chi connectivity index (χ2n) is 4.50. The Kier molecular flexibility index (Phi) is 5.45. The molecular weight excluding hydrogens is 176 g/mol. The molecule has 1 N–H and O–H groups in total. The first-order valence-electron chi connectivity index (χ1n) is 5.68. The summed E-state index contributed by atoms with van der Waals surface area (Å²) < 4.78 is 5.67. The monoisotopic (exact) mass is 200 g/mol. The Morgan fingerprint density at radius 3 is 2.71 bits per heavy atom. The van der Waals surface area contributed by atoms with Gasteiger partial charge in [-0.3, -0.25) is 0 Å². The standard InChI is InChI=1S/C11H24N2O/c1-10(14-9-8-13(2)3)6-7-12-11-4-5-11/h10-12H,4-9H2,1-3H3. The second kappa shape index (κ2) is 6.38. The minimum absolute atomic E-state index is 0.390. The molecule has 0 aromatic rings. The van der Waals surface area contributed by atoms with Gasteiger partial charge in [0, 0.05) is 12.6 Å². The third-order valence-corrected chi connectivity index (χ3v) is 2.50. The highest BCUT2D eigenvalue weighted by atomic mass is 16.5. The van der Waals surface area contributed by atoms with E-state index in [2.05, 4.69) is 31.2 Å². The number of nitrogens with zero attached hydrogens (tertiary/aromatic N) is 1. The van der Waals surface area contributed by atoms with Crippen molar-refractivity contribution in [3.8, 4) is 0 Å². The third kappa shape index (κ3) is 6.35. The van der Waals surface area contributed by atoms with Crippen LogP contribution < -0.4 is 5.32 Å². The molecule has 0 saturated heterocycles. The smallest absolute Gasteiger partial charge is 0.0596 e. The number of hydrogen-bond donors (Lipinski definition) is 1. The van der Waals surface area contributed by atoms with Gasteiger partial charge in [-0.2, -0.15) is 0 Å². The summed E-state index contributed by atoms with van der Waals surface area (Å²) in [5.41, 5.74) is 0. The van der Waals surface area contributed by atoms with Crippen LogP contribution in [0.2, 0.25) is 0 Å². The molecule has 0 heterocycles. The van der Waals surface area contributed by atoms with Gasteiger partial charge in [-0.25, -0.2) is 0 Å². The van der Waals surface area contributed by atoms with Crippen LogP contribution in [-0.2, 0) is 4.74 Å². The van der Waals surface area contributed by atoms with Crippen LogP contribution in [0.4, 0.5) is 0 Å². The number of hydrogen-bond acceptors (Lipinski definition) is 3. The number of ether oxygens (including phenoxy) is 1. The highest BCUT2D eigenvalue weighted by Crippen LogP contribution is 2.18. The predicted octanol–water partition coefficient (Wildman–Crippen LogP) is 1.10. The zero-order valence-corrected chi connectivity index (χ0v) is 9.75. The zero-order valence-electron chi connectivity index (χ0n) is 9.75. The number of likely N-dealkylation sites (N-methyl/N-ethyl adjacent to an activating group) is 1. The molecule has 0 bridgehead atoms. The molecule has 0 spiro atoms. The van der Waals surface area contributed by atoms with Crippen molar-refractivity contribution in [2.45, 2.75) is 38.3 Å². The average molecular weight is 200 g/mol. The lowest BCUT2D eigenvalue weighted by Gasteiger charge is -2.15. The van der Waals surface area contributed by atoms with E-state index in [4.69, 9.17) is 4.74 Å². The van der Waals surface area contributed by atoms with Gasteiger partial charge in [-0.15, -0.1) is 0 Å². The van der Waals surface area contributed by atoms with E-state index in [0.717, 1.165) is 32.2 Å². The van der Waals surface area contributed by atoms with Crippen molar-refractivity contribution in [3.63, 3.8) is 0 Å². The molecule has 1 fully saturated rings. The topological polar surface area (TPSA) is 24.5 Å². The van der Waals surface area contributed by atoms with Crippen LogP contribution >= 0.6 is 0 Å². The minimum Gasteiger partial charge on any atom is -0.377 e. The molecule has 1 saturated carbocycles. The fourth-order valence-electron chi connectivity index (χ4n) is 1.30. The van der Waals surface area contributed by atoms with Crippen LogP contribution in [0.5, 0.6) is 0 Å². The van der Waals surface area contributed by atoms with Gasteiger partial charge in [0.2, 0.25) is 0 Å². The molecular formula is C11H24N2O. The van der Waals surface area contributed by atoms with Crippen LogP contribution in [0.1, 0.15) is 26.2 Å². The summed E-state index contributed by atoms with van der Waals surface area (Å²) in [5.74, 6) is 0. The van der Waals surface area contributed by atoms with Gasteiger partial charge >= 0.3 is 0 Å². The summed E-state index contributed by atoms with van der Waals surface area (Å²) >= 11 is 0. The molecule has 1 aliphatic rings. The van der Waals surface area contributed by atoms with Crippen LogP contribution in [-0.4, -0.2) is 50.8 Å². The number of nitrogens with one attached hydrogen (secondary N) is 1. The second-order valence-corrected chi connectivity index (χ2v) is 4.50. The van der Waals surface area contributed by atoms with Crippen LogP contribution in [0.25, 0.3) is 0 Å². The lowest BCUT2D eigenvalue weighted by atomic mass is 10.3. The van der Waals surface area contributed by atoms with Crippen molar-refractivity contribution in [3.05, 3.63) is 0 Å². The van der Waals surface area contributed by atoms with E-state index in [1.807, 2.05) is 0 Å². The maximum Gasteiger partial charge on any atom is 0.0596 e. The highest BCUT2D eigenvalue weighted by Gasteiger charge is 2.19. The van der Waals surface area contributed by atoms with E-state index in [1.165, 1.54) is 12.8 Å². The predicted molar refractivity (Wildman–Crippen MR) is 59.6 cm³/mol. The fraction of sp³-hybridized carbons (Fsp3) is 1.00. The Morgan fingerprint density at radius 1 is 1.43 bits per heavy atom. The van der Waals surface area contributed by atoms with Gasteiger partial charge in [0.05, 0.1) is 12.7 Å². The largest absolute Gasteiger partial charge is 0.377 e. The first-order valence-corrected chi connectivity index (χ1v) is 5.68. The van der Waals surface area contributed by atoms with Crippen molar-refractivity contribution >= 4 is 0 Å². The molecule has 0 aromatic carbocycles. The molecule has 1 rings (SSSR count). The Bertz CT molecular complexity index is 138. The van der Waals surface area contributed by atoms with E-state index < -0.39 is 0 Å². The quantitative estimate of drug-likeness (QED) is 0.635. The molecule has 14 heavy (non-hydrogen) atoms. The van der Waals surface area contributed by atoms with Gasteiger partial charge in [0.25, 0.3) is 0 Å². The summed E-state index contributed by atoms with van der Waals surface area (Å²) in [6.45, 7) is 5.12. The Hall–Kier alpha value is -0.120. The highest BCUT2D eigenvalue weighted by molar-refractivity contribution is 4.80. The maximum absolute atomic E-state index is 5.67. The van der Waals surface area contributed by atoms with E-state index in [0.29, 0.717) is 6.10 Å². The van der Waals surface area contributed by atoms with Crippen molar-refractivity contribution in [2.75, 3.05) is 33.8 Å². The van der Waals surface area contributed by atoms with Gasteiger partial charge in [0.15, 0.2) is 0 Å². The van der Waals surface area contributed by atoms with E-state index in [1.54, 1.807) is 0 Å². The van der Waals surface area contributed by atoms with Gasteiger partial charge in [-0.05, 0) is 46.8 Å². The van der Waals surface area contributed by atoms with Crippen molar-refractivity contribution in [1.82, 2.24) is 10.2 Å². The van der Waals surface area contributed by atoms with Crippen molar-refractivity contribution in [2.24, 2.45) is 0 Å². The normalized spacial score (nSPS) is 18.9. The third-order valence-electron chi connectivity index (χ3n) is 2.50. The summed E-state index contributed by atoms with van der Waals surface area (Å²) in [7, 11) is 4.14. The van der Waals surface area contributed by atoms with Crippen LogP contribution in [0.15, 0.2) is 0 Å². The van der Waals surface area contributed by atoms with E-state index >= 15 is 0 Å². The molecule has 0 radical (unpaired) electrons. The van der Waals surface area contributed by atoms with Crippen LogP contribution in [0.3, 0.4) is 0 Å². The Morgan fingerprint density at radius 2 is 2.14 bits per heavy atom. The van der Waals surface area contributed by atoms with E-state index in [9.17, 15) is 0 Å². The minimum atomic E-state index is 0.390. The molecule has 0 aromatic heterocycles. The molecule has 1 atom stereocenters. The maximum atomic E-state index is 5.67. The van der Waals surface area contributed by atoms with Gasteiger partial charge in [0.1, 0.15) is 0 Å². The van der Waals surface area contributed by atoms with Crippen molar-refractivity contribution < 1.29 is 4.74 Å². The lowest BCUT2D eigenvalue weighted by molar-refractivity contribution is 0.0509. The molecule has 0 amide bonds. The van der Waals surface area contributed by atoms with E-state index in [-0.39, 0.29) is 0 Å². The molecule has 0 aliphatic heterocycles.